The maximum absolute atomic E-state index is 12.8. The topological polar surface area (TPSA) is 35.2 Å². The number of benzene rings is 1. The van der Waals surface area contributed by atoms with E-state index in [9.17, 15) is 13.2 Å². The minimum Gasteiger partial charge on any atom is -0.379 e. The molecular formula is C13H16F3NO. The Morgan fingerprint density at radius 2 is 1.94 bits per heavy atom. The number of hydrogen-bond acceptors (Lipinski definition) is 2. The minimum atomic E-state index is -4.37. The fourth-order valence-electron chi connectivity index (χ4n) is 1.81. The van der Waals surface area contributed by atoms with Crippen LogP contribution in [0.25, 0.3) is 0 Å². The molecule has 5 heteroatoms. The van der Waals surface area contributed by atoms with E-state index < -0.39 is 17.8 Å². The van der Waals surface area contributed by atoms with Crippen LogP contribution in [-0.2, 0) is 10.9 Å². The van der Waals surface area contributed by atoms with Crippen molar-refractivity contribution in [3.05, 3.63) is 35.4 Å². The highest BCUT2D eigenvalue weighted by atomic mass is 19.4. The van der Waals surface area contributed by atoms with Crippen LogP contribution in [0.5, 0.6) is 0 Å². The molecule has 0 bridgehead atoms. The van der Waals surface area contributed by atoms with Crippen molar-refractivity contribution in [3.63, 3.8) is 0 Å². The van der Waals surface area contributed by atoms with E-state index in [-0.39, 0.29) is 12.2 Å². The molecule has 1 saturated carbocycles. The average Bonchev–Trinajstić information content (AvgIpc) is 3.12. The van der Waals surface area contributed by atoms with Crippen molar-refractivity contribution < 1.29 is 17.9 Å². The van der Waals surface area contributed by atoms with E-state index >= 15 is 0 Å². The van der Waals surface area contributed by atoms with Gasteiger partial charge in [0.15, 0.2) is 0 Å². The fraction of sp³-hybridized carbons (Fsp3) is 0.538. The Bertz CT molecular complexity index is 401. The predicted octanol–water partition coefficient (Wildman–Crippen LogP) is 3.13. The van der Waals surface area contributed by atoms with Gasteiger partial charge in [0.1, 0.15) is 0 Å². The van der Waals surface area contributed by atoms with Crippen molar-refractivity contribution >= 4 is 0 Å². The molecule has 18 heavy (non-hydrogen) atoms. The molecule has 1 aromatic rings. The van der Waals surface area contributed by atoms with Crippen molar-refractivity contribution in [2.45, 2.75) is 25.1 Å². The lowest BCUT2D eigenvalue weighted by Gasteiger charge is -2.18. The van der Waals surface area contributed by atoms with E-state index in [1.807, 2.05) is 0 Å². The molecule has 1 atom stereocenters. The van der Waals surface area contributed by atoms with E-state index in [1.54, 1.807) is 6.07 Å². The molecule has 0 aliphatic heterocycles. The average molecular weight is 259 g/mol. The molecule has 1 fully saturated rings. The first-order valence-corrected chi connectivity index (χ1v) is 5.98. The van der Waals surface area contributed by atoms with E-state index in [2.05, 4.69) is 0 Å². The molecule has 0 heterocycles. The van der Waals surface area contributed by atoms with Gasteiger partial charge in [0.2, 0.25) is 0 Å². The quantitative estimate of drug-likeness (QED) is 0.881. The van der Waals surface area contributed by atoms with Crippen LogP contribution in [0.2, 0.25) is 0 Å². The molecule has 0 saturated heterocycles. The summed E-state index contributed by atoms with van der Waals surface area (Å²) in [4.78, 5) is 0. The van der Waals surface area contributed by atoms with E-state index in [0.29, 0.717) is 12.5 Å². The highest BCUT2D eigenvalue weighted by molar-refractivity contribution is 5.32. The van der Waals surface area contributed by atoms with Crippen LogP contribution in [0, 0.1) is 5.92 Å². The van der Waals surface area contributed by atoms with E-state index in [0.717, 1.165) is 18.9 Å². The van der Waals surface area contributed by atoms with Crippen molar-refractivity contribution in [1.82, 2.24) is 0 Å². The number of ether oxygens (including phenoxy) is 1. The molecule has 0 spiro atoms. The summed E-state index contributed by atoms with van der Waals surface area (Å²) < 4.78 is 43.7. The van der Waals surface area contributed by atoms with E-state index in [1.165, 1.54) is 12.1 Å². The number of nitrogens with two attached hydrogens (primary N) is 1. The maximum Gasteiger partial charge on any atom is 0.416 e. The van der Waals surface area contributed by atoms with Gasteiger partial charge in [-0.2, -0.15) is 13.2 Å². The Morgan fingerprint density at radius 3 is 2.56 bits per heavy atom. The monoisotopic (exact) mass is 259 g/mol. The van der Waals surface area contributed by atoms with Crippen LogP contribution in [0.4, 0.5) is 13.2 Å². The van der Waals surface area contributed by atoms with Gasteiger partial charge in [0, 0.05) is 6.61 Å². The van der Waals surface area contributed by atoms with Gasteiger partial charge in [-0.1, -0.05) is 18.2 Å². The molecule has 2 N–H and O–H groups in total. The van der Waals surface area contributed by atoms with Gasteiger partial charge in [0.25, 0.3) is 0 Å². The lowest BCUT2D eigenvalue weighted by Crippen LogP contribution is -2.22. The molecule has 1 aliphatic rings. The summed E-state index contributed by atoms with van der Waals surface area (Å²) in [6, 6.07) is 4.65. The molecule has 1 unspecified atom stereocenters. The Kier molecular flexibility index (Phi) is 3.92. The fourth-order valence-corrected chi connectivity index (χ4v) is 1.81. The van der Waals surface area contributed by atoms with Crippen LogP contribution in [-0.4, -0.2) is 13.2 Å². The summed E-state index contributed by atoms with van der Waals surface area (Å²) in [6.45, 7) is 0.728. The third-order valence-corrected chi connectivity index (χ3v) is 3.01. The molecule has 100 valence electrons. The lowest BCUT2D eigenvalue weighted by molar-refractivity contribution is -0.138. The molecule has 0 amide bonds. The van der Waals surface area contributed by atoms with Crippen LogP contribution < -0.4 is 5.73 Å². The number of alkyl halides is 3. The molecule has 1 aromatic carbocycles. The van der Waals surface area contributed by atoms with Gasteiger partial charge in [-0.25, -0.2) is 0 Å². The molecule has 2 rings (SSSR count). The highest BCUT2D eigenvalue weighted by Gasteiger charge is 2.34. The van der Waals surface area contributed by atoms with Gasteiger partial charge in [-0.05, 0) is 30.4 Å². The van der Waals surface area contributed by atoms with Crippen LogP contribution in [0.3, 0.4) is 0 Å². The minimum absolute atomic E-state index is 0.0980. The van der Waals surface area contributed by atoms with Crippen LogP contribution in [0.1, 0.15) is 30.0 Å². The number of hydrogen-bond donors (Lipinski definition) is 1. The number of halogens is 3. The zero-order valence-electron chi connectivity index (χ0n) is 9.91. The van der Waals surface area contributed by atoms with Crippen molar-refractivity contribution in [3.8, 4) is 0 Å². The summed E-state index contributed by atoms with van der Waals surface area (Å²) >= 11 is 0. The van der Waals surface area contributed by atoms with Gasteiger partial charge in [-0.3, -0.25) is 0 Å². The molecular weight excluding hydrogens is 243 g/mol. The predicted molar refractivity (Wildman–Crippen MR) is 61.9 cm³/mol. The van der Waals surface area contributed by atoms with Gasteiger partial charge < -0.3 is 10.5 Å². The molecule has 2 nitrogen and oxygen atoms in total. The Labute approximate surface area is 104 Å². The lowest BCUT2D eigenvalue weighted by atomic mass is 10.0. The Morgan fingerprint density at radius 1 is 1.28 bits per heavy atom. The smallest absolute Gasteiger partial charge is 0.379 e. The van der Waals surface area contributed by atoms with Crippen molar-refractivity contribution in [1.29, 1.82) is 0 Å². The first-order valence-electron chi connectivity index (χ1n) is 5.98. The van der Waals surface area contributed by atoms with Gasteiger partial charge >= 0.3 is 6.18 Å². The van der Waals surface area contributed by atoms with Crippen LogP contribution in [0.15, 0.2) is 24.3 Å². The third kappa shape index (κ3) is 3.46. The van der Waals surface area contributed by atoms with Gasteiger partial charge in [-0.15, -0.1) is 0 Å². The first kappa shape index (κ1) is 13.4. The number of rotatable bonds is 5. The van der Waals surface area contributed by atoms with Crippen molar-refractivity contribution in [2.24, 2.45) is 11.7 Å². The first-order chi connectivity index (χ1) is 8.48. The zero-order chi connectivity index (χ0) is 13.2. The third-order valence-electron chi connectivity index (χ3n) is 3.01. The zero-order valence-corrected chi connectivity index (χ0v) is 9.91. The maximum atomic E-state index is 12.8. The summed E-state index contributed by atoms with van der Waals surface area (Å²) in [7, 11) is 0. The van der Waals surface area contributed by atoms with Crippen LogP contribution >= 0.6 is 0 Å². The summed E-state index contributed by atoms with van der Waals surface area (Å²) in [6.07, 6.45) is -2.08. The highest BCUT2D eigenvalue weighted by Crippen LogP contribution is 2.34. The second kappa shape index (κ2) is 5.28. The molecule has 0 aromatic heterocycles. The second-order valence-electron chi connectivity index (χ2n) is 4.67. The summed E-state index contributed by atoms with van der Waals surface area (Å²) in [5.74, 6) is 0.579. The molecule has 0 radical (unpaired) electrons. The Balaban J connectivity index is 2.01. The summed E-state index contributed by atoms with van der Waals surface area (Å²) in [5.41, 5.74) is 5.20. The Hall–Kier alpha value is -1.07. The van der Waals surface area contributed by atoms with E-state index in [4.69, 9.17) is 10.5 Å². The van der Waals surface area contributed by atoms with Gasteiger partial charge in [0.05, 0.1) is 18.2 Å². The summed E-state index contributed by atoms with van der Waals surface area (Å²) in [5, 5.41) is 0. The standard InChI is InChI=1S/C13H16F3NO/c14-13(15,16)11-4-2-1-3-10(11)12(17)8-18-7-9-5-6-9/h1-4,9,12H,5-8,17H2. The molecule has 1 aliphatic carbocycles. The second-order valence-corrected chi connectivity index (χ2v) is 4.67. The largest absolute Gasteiger partial charge is 0.416 e. The SMILES string of the molecule is NC(COCC1CC1)c1ccccc1C(F)(F)F. The normalized spacial score (nSPS) is 17.8. The van der Waals surface area contributed by atoms with Crippen molar-refractivity contribution in [2.75, 3.05) is 13.2 Å².